The first-order valence-electron chi connectivity index (χ1n) is 5.26. The normalized spacial score (nSPS) is 19.5. The third-order valence-electron chi connectivity index (χ3n) is 3.22. The average Bonchev–Trinajstić information content (AvgIpc) is 2.67. The van der Waals surface area contributed by atoms with Crippen molar-refractivity contribution >= 4 is 6.08 Å². The molecule has 1 saturated carbocycles. The van der Waals surface area contributed by atoms with Gasteiger partial charge in [-0.25, -0.2) is 0 Å². The molecule has 2 N–H and O–H groups in total. The topological polar surface area (TPSA) is 26.0 Å². The van der Waals surface area contributed by atoms with E-state index in [9.17, 15) is 0 Å². The monoisotopic (exact) mass is 187 g/mol. The maximum Gasteiger partial charge on any atom is 0.0409 e. The molecular formula is C13H17N. The number of benzene rings is 1. The first-order chi connectivity index (χ1) is 6.74. The second-order valence-corrected chi connectivity index (χ2v) is 4.19. The highest BCUT2D eigenvalue weighted by Crippen LogP contribution is 2.36. The summed E-state index contributed by atoms with van der Waals surface area (Å²) < 4.78 is 0. The molecule has 1 heteroatoms. The largest absolute Gasteiger partial charge is 0.321 e. The van der Waals surface area contributed by atoms with Gasteiger partial charge in [-0.1, -0.05) is 49.8 Å². The van der Waals surface area contributed by atoms with Crippen molar-refractivity contribution in [2.75, 3.05) is 0 Å². The zero-order chi connectivity index (χ0) is 10.0. The minimum atomic E-state index is -0.0559. The SMILES string of the molecule is C=Cc1ccc(C2(N)CCCC2)cc1. The Bertz CT molecular complexity index is 318. The molecular weight excluding hydrogens is 170 g/mol. The molecule has 1 nitrogen and oxygen atoms in total. The summed E-state index contributed by atoms with van der Waals surface area (Å²) in [6.45, 7) is 3.74. The van der Waals surface area contributed by atoms with Gasteiger partial charge in [-0.05, 0) is 24.0 Å². The van der Waals surface area contributed by atoms with Crippen LogP contribution in [-0.4, -0.2) is 0 Å². The number of rotatable bonds is 2. The van der Waals surface area contributed by atoms with Crippen molar-refractivity contribution in [3.8, 4) is 0 Å². The van der Waals surface area contributed by atoms with E-state index in [2.05, 4.69) is 30.8 Å². The molecule has 1 aromatic carbocycles. The molecule has 0 unspecified atom stereocenters. The van der Waals surface area contributed by atoms with Crippen molar-refractivity contribution in [2.45, 2.75) is 31.2 Å². The fourth-order valence-corrected chi connectivity index (χ4v) is 2.25. The highest BCUT2D eigenvalue weighted by atomic mass is 14.8. The first kappa shape index (κ1) is 9.47. The van der Waals surface area contributed by atoms with Gasteiger partial charge in [0.2, 0.25) is 0 Å². The maximum atomic E-state index is 6.35. The lowest BCUT2D eigenvalue weighted by Crippen LogP contribution is -2.32. The first-order valence-corrected chi connectivity index (χ1v) is 5.26. The van der Waals surface area contributed by atoms with Crippen LogP contribution in [0.25, 0.3) is 6.08 Å². The molecule has 2 rings (SSSR count). The molecule has 0 bridgehead atoms. The van der Waals surface area contributed by atoms with Crippen LogP contribution in [0.1, 0.15) is 36.8 Å². The fourth-order valence-electron chi connectivity index (χ4n) is 2.25. The Morgan fingerprint density at radius 1 is 1.14 bits per heavy atom. The molecule has 1 aromatic rings. The summed E-state index contributed by atoms with van der Waals surface area (Å²) in [4.78, 5) is 0. The molecule has 0 heterocycles. The summed E-state index contributed by atoms with van der Waals surface area (Å²) in [6.07, 6.45) is 6.64. The predicted molar refractivity (Wildman–Crippen MR) is 60.9 cm³/mol. The fraction of sp³-hybridized carbons (Fsp3) is 0.385. The Hall–Kier alpha value is -1.08. The van der Waals surface area contributed by atoms with E-state index in [4.69, 9.17) is 5.73 Å². The Morgan fingerprint density at radius 2 is 1.71 bits per heavy atom. The van der Waals surface area contributed by atoms with E-state index >= 15 is 0 Å². The van der Waals surface area contributed by atoms with Crippen LogP contribution in [0.15, 0.2) is 30.8 Å². The predicted octanol–water partition coefficient (Wildman–Crippen LogP) is 3.06. The summed E-state index contributed by atoms with van der Waals surface area (Å²) in [7, 11) is 0. The maximum absolute atomic E-state index is 6.35. The molecule has 0 aliphatic heterocycles. The highest BCUT2D eigenvalue weighted by molar-refractivity contribution is 5.48. The number of nitrogens with two attached hydrogens (primary N) is 1. The van der Waals surface area contributed by atoms with Crippen LogP contribution in [0.5, 0.6) is 0 Å². The number of hydrogen-bond acceptors (Lipinski definition) is 1. The average molecular weight is 187 g/mol. The molecule has 0 aromatic heterocycles. The van der Waals surface area contributed by atoms with E-state index in [1.807, 2.05) is 6.08 Å². The van der Waals surface area contributed by atoms with Gasteiger partial charge in [0.1, 0.15) is 0 Å². The molecule has 1 aliphatic carbocycles. The van der Waals surface area contributed by atoms with Crippen LogP contribution in [0.2, 0.25) is 0 Å². The van der Waals surface area contributed by atoms with Gasteiger partial charge in [-0.3, -0.25) is 0 Å². The van der Waals surface area contributed by atoms with E-state index < -0.39 is 0 Å². The van der Waals surface area contributed by atoms with Gasteiger partial charge in [-0.15, -0.1) is 0 Å². The van der Waals surface area contributed by atoms with Crippen LogP contribution < -0.4 is 5.73 Å². The molecule has 1 fully saturated rings. The summed E-state index contributed by atoms with van der Waals surface area (Å²) in [6, 6.07) is 8.47. The Balaban J connectivity index is 2.27. The lowest BCUT2D eigenvalue weighted by atomic mass is 9.89. The second kappa shape index (κ2) is 3.58. The molecule has 74 valence electrons. The molecule has 1 aliphatic rings. The summed E-state index contributed by atoms with van der Waals surface area (Å²) in [5, 5.41) is 0. The van der Waals surface area contributed by atoms with Crippen molar-refractivity contribution < 1.29 is 0 Å². The second-order valence-electron chi connectivity index (χ2n) is 4.19. The van der Waals surface area contributed by atoms with Gasteiger partial charge in [-0.2, -0.15) is 0 Å². The van der Waals surface area contributed by atoms with Gasteiger partial charge < -0.3 is 5.73 Å². The summed E-state index contributed by atoms with van der Waals surface area (Å²) >= 11 is 0. The van der Waals surface area contributed by atoms with Gasteiger partial charge in [0.05, 0.1) is 0 Å². The molecule has 0 radical (unpaired) electrons. The molecule has 0 atom stereocenters. The lowest BCUT2D eigenvalue weighted by molar-refractivity contribution is 0.462. The van der Waals surface area contributed by atoms with E-state index in [1.54, 1.807) is 0 Å². The number of hydrogen-bond donors (Lipinski definition) is 1. The van der Waals surface area contributed by atoms with Gasteiger partial charge in [0, 0.05) is 5.54 Å². The molecule has 0 spiro atoms. The molecule has 0 amide bonds. The zero-order valence-electron chi connectivity index (χ0n) is 8.50. The van der Waals surface area contributed by atoms with Crippen LogP contribution in [0, 0.1) is 0 Å². The summed E-state index contributed by atoms with van der Waals surface area (Å²) in [5.41, 5.74) is 8.73. The van der Waals surface area contributed by atoms with Crippen LogP contribution in [0.3, 0.4) is 0 Å². The van der Waals surface area contributed by atoms with Crippen LogP contribution >= 0.6 is 0 Å². The van der Waals surface area contributed by atoms with E-state index in [-0.39, 0.29) is 5.54 Å². The Morgan fingerprint density at radius 3 is 2.21 bits per heavy atom. The van der Waals surface area contributed by atoms with E-state index in [0.717, 1.165) is 18.4 Å². The minimum Gasteiger partial charge on any atom is -0.321 e. The van der Waals surface area contributed by atoms with Crippen LogP contribution in [-0.2, 0) is 5.54 Å². The minimum absolute atomic E-state index is 0.0559. The third kappa shape index (κ3) is 1.60. The van der Waals surface area contributed by atoms with Crippen molar-refractivity contribution in [2.24, 2.45) is 5.73 Å². The van der Waals surface area contributed by atoms with E-state index in [0.29, 0.717) is 0 Å². The van der Waals surface area contributed by atoms with Crippen molar-refractivity contribution in [3.63, 3.8) is 0 Å². The zero-order valence-corrected chi connectivity index (χ0v) is 8.50. The molecule has 0 saturated heterocycles. The standard InChI is InChI=1S/C13H17N/c1-2-11-5-7-12(8-6-11)13(14)9-3-4-10-13/h2,5-8H,1,3-4,9-10,14H2. The summed E-state index contributed by atoms with van der Waals surface area (Å²) in [5.74, 6) is 0. The van der Waals surface area contributed by atoms with Crippen molar-refractivity contribution in [1.82, 2.24) is 0 Å². The van der Waals surface area contributed by atoms with Gasteiger partial charge in [0.25, 0.3) is 0 Å². The van der Waals surface area contributed by atoms with E-state index in [1.165, 1.54) is 18.4 Å². The Labute approximate surface area is 85.6 Å². The van der Waals surface area contributed by atoms with Crippen molar-refractivity contribution in [3.05, 3.63) is 42.0 Å². The lowest BCUT2D eigenvalue weighted by Gasteiger charge is -2.24. The van der Waals surface area contributed by atoms with Crippen LogP contribution in [0.4, 0.5) is 0 Å². The Kier molecular flexibility index (Phi) is 2.42. The molecule has 14 heavy (non-hydrogen) atoms. The third-order valence-corrected chi connectivity index (χ3v) is 3.22. The van der Waals surface area contributed by atoms with Gasteiger partial charge >= 0.3 is 0 Å². The van der Waals surface area contributed by atoms with Crippen molar-refractivity contribution in [1.29, 1.82) is 0 Å². The highest BCUT2D eigenvalue weighted by Gasteiger charge is 2.30. The quantitative estimate of drug-likeness (QED) is 0.756. The van der Waals surface area contributed by atoms with Gasteiger partial charge in [0.15, 0.2) is 0 Å². The smallest absolute Gasteiger partial charge is 0.0409 e.